The zero-order valence-electron chi connectivity index (χ0n) is 11.9. The second-order valence-corrected chi connectivity index (χ2v) is 4.69. The Morgan fingerprint density at radius 1 is 1.29 bits per heavy atom. The zero-order valence-corrected chi connectivity index (χ0v) is 11.9. The summed E-state index contributed by atoms with van der Waals surface area (Å²) in [6.45, 7) is 2.59. The summed E-state index contributed by atoms with van der Waals surface area (Å²) in [6, 6.07) is 4.95. The Bertz CT molecular complexity index is 592. The monoisotopic (exact) mass is 298 g/mol. The standard InChI is InChI=1S/C14H17F3N4/c1-3-8-21-12(9-19-20-21)13(18-2)10-6-4-5-7-11(10)14(15,16)17/h4-7,9,13,18H,3,8H2,1-2H3. The molecule has 1 aromatic heterocycles. The number of aromatic nitrogens is 3. The van der Waals surface area contributed by atoms with Crippen LogP contribution in [-0.4, -0.2) is 22.0 Å². The summed E-state index contributed by atoms with van der Waals surface area (Å²) in [5.41, 5.74) is 0.150. The summed E-state index contributed by atoms with van der Waals surface area (Å²) in [5, 5.41) is 10.7. The summed E-state index contributed by atoms with van der Waals surface area (Å²) in [4.78, 5) is 0. The lowest BCUT2D eigenvalue weighted by Crippen LogP contribution is -2.24. The average Bonchev–Trinajstić information content (AvgIpc) is 2.88. The molecule has 21 heavy (non-hydrogen) atoms. The smallest absolute Gasteiger partial charge is 0.308 e. The first kappa shape index (κ1) is 15.5. The number of benzene rings is 1. The predicted octanol–water partition coefficient (Wildman–Crippen LogP) is 3.02. The van der Waals surface area contributed by atoms with Crippen LogP contribution < -0.4 is 5.32 Å². The molecule has 0 aliphatic rings. The summed E-state index contributed by atoms with van der Waals surface area (Å²) >= 11 is 0. The molecule has 0 amide bonds. The van der Waals surface area contributed by atoms with Gasteiger partial charge in [-0.25, -0.2) is 4.68 Å². The van der Waals surface area contributed by atoms with E-state index < -0.39 is 17.8 Å². The van der Waals surface area contributed by atoms with Gasteiger partial charge in [-0.15, -0.1) is 5.10 Å². The lowest BCUT2D eigenvalue weighted by molar-refractivity contribution is -0.138. The predicted molar refractivity (Wildman–Crippen MR) is 72.7 cm³/mol. The molecule has 0 aliphatic carbocycles. The molecule has 0 saturated heterocycles. The van der Waals surface area contributed by atoms with Crippen LogP contribution >= 0.6 is 0 Å². The van der Waals surface area contributed by atoms with Gasteiger partial charge in [0.15, 0.2) is 0 Å². The largest absolute Gasteiger partial charge is 0.416 e. The third-order valence-corrected chi connectivity index (χ3v) is 3.24. The minimum atomic E-state index is -4.39. The van der Waals surface area contributed by atoms with Gasteiger partial charge in [0.2, 0.25) is 0 Å². The highest BCUT2D eigenvalue weighted by atomic mass is 19.4. The molecule has 2 rings (SSSR count). The number of nitrogens with one attached hydrogen (secondary N) is 1. The highest BCUT2D eigenvalue weighted by Gasteiger charge is 2.35. The Morgan fingerprint density at radius 2 is 2.00 bits per heavy atom. The zero-order chi connectivity index (χ0) is 15.5. The summed E-state index contributed by atoms with van der Waals surface area (Å²) < 4.78 is 41.1. The van der Waals surface area contributed by atoms with Crippen molar-refractivity contribution in [2.45, 2.75) is 32.1 Å². The molecule has 1 unspecified atom stereocenters. The molecular weight excluding hydrogens is 281 g/mol. The van der Waals surface area contributed by atoms with E-state index in [4.69, 9.17) is 0 Å². The maximum Gasteiger partial charge on any atom is 0.416 e. The normalized spacial score (nSPS) is 13.4. The minimum absolute atomic E-state index is 0.173. The lowest BCUT2D eigenvalue weighted by Gasteiger charge is -2.21. The van der Waals surface area contributed by atoms with Crippen molar-refractivity contribution < 1.29 is 13.2 Å². The van der Waals surface area contributed by atoms with Crippen LogP contribution in [0.5, 0.6) is 0 Å². The number of halogens is 3. The van der Waals surface area contributed by atoms with Crippen molar-refractivity contribution in [3.63, 3.8) is 0 Å². The molecule has 0 spiro atoms. The Hall–Kier alpha value is -1.89. The number of alkyl halides is 3. The van der Waals surface area contributed by atoms with Crippen molar-refractivity contribution in [2.24, 2.45) is 0 Å². The van der Waals surface area contributed by atoms with Gasteiger partial charge in [-0.2, -0.15) is 13.2 Å². The van der Waals surface area contributed by atoms with Gasteiger partial charge in [0, 0.05) is 6.54 Å². The maximum absolute atomic E-state index is 13.2. The van der Waals surface area contributed by atoms with Crippen LogP contribution in [0.3, 0.4) is 0 Å². The average molecular weight is 298 g/mol. The number of rotatable bonds is 5. The van der Waals surface area contributed by atoms with Gasteiger partial charge in [0.25, 0.3) is 0 Å². The van der Waals surface area contributed by atoms with E-state index in [0.717, 1.165) is 12.5 Å². The molecule has 2 aromatic rings. The van der Waals surface area contributed by atoms with E-state index in [1.54, 1.807) is 17.8 Å². The van der Waals surface area contributed by atoms with Gasteiger partial charge in [-0.1, -0.05) is 30.3 Å². The molecule has 0 fully saturated rings. The topological polar surface area (TPSA) is 42.7 Å². The quantitative estimate of drug-likeness (QED) is 0.922. The fourth-order valence-corrected chi connectivity index (χ4v) is 2.34. The minimum Gasteiger partial charge on any atom is -0.308 e. The van der Waals surface area contributed by atoms with Crippen molar-refractivity contribution in [3.8, 4) is 0 Å². The van der Waals surface area contributed by atoms with Crippen molar-refractivity contribution >= 4 is 0 Å². The SMILES string of the molecule is CCCn1nncc1C(NC)c1ccccc1C(F)(F)F. The number of hydrogen-bond acceptors (Lipinski definition) is 3. The number of nitrogens with zero attached hydrogens (tertiary/aromatic N) is 3. The van der Waals surface area contributed by atoms with E-state index in [1.165, 1.54) is 18.3 Å². The summed E-state index contributed by atoms with van der Waals surface area (Å²) in [6.07, 6.45) is -2.06. The second-order valence-electron chi connectivity index (χ2n) is 4.69. The van der Waals surface area contributed by atoms with Crippen LogP contribution in [0.25, 0.3) is 0 Å². The summed E-state index contributed by atoms with van der Waals surface area (Å²) in [5.74, 6) is 0. The van der Waals surface area contributed by atoms with Crippen molar-refractivity contribution in [3.05, 3.63) is 47.3 Å². The van der Waals surface area contributed by atoms with Crippen LogP contribution in [0.2, 0.25) is 0 Å². The molecule has 114 valence electrons. The first-order valence-electron chi connectivity index (χ1n) is 6.70. The molecule has 0 saturated carbocycles. The number of hydrogen-bond donors (Lipinski definition) is 1. The van der Waals surface area contributed by atoms with Gasteiger partial charge in [0.1, 0.15) is 0 Å². The molecule has 0 radical (unpaired) electrons. The van der Waals surface area contributed by atoms with E-state index in [1.807, 2.05) is 6.92 Å². The first-order valence-corrected chi connectivity index (χ1v) is 6.70. The van der Waals surface area contributed by atoms with Gasteiger partial charge >= 0.3 is 6.18 Å². The Morgan fingerprint density at radius 3 is 2.62 bits per heavy atom. The van der Waals surface area contributed by atoms with E-state index >= 15 is 0 Å². The molecule has 0 aliphatic heterocycles. The molecule has 1 N–H and O–H groups in total. The Labute approximate surface area is 121 Å². The summed E-state index contributed by atoms with van der Waals surface area (Å²) in [7, 11) is 1.63. The van der Waals surface area contributed by atoms with Crippen LogP contribution in [0.15, 0.2) is 30.5 Å². The van der Waals surface area contributed by atoms with Crippen LogP contribution in [0.4, 0.5) is 13.2 Å². The van der Waals surface area contributed by atoms with Gasteiger partial charge in [0.05, 0.1) is 23.5 Å². The molecule has 1 aromatic carbocycles. The molecule has 7 heteroatoms. The molecule has 0 bridgehead atoms. The van der Waals surface area contributed by atoms with Crippen LogP contribution in [0, 0.1) is 0 Å². The lowest BCUT2D eigenvalue weighted by atomic mass is 9.97. The van der Waals surface area contributed by atoms with Gasteiger partial charge < -0.3 is 5.32 Å². The van der Waals surface area contributed by atoms with E-state index in [0.29, 0.717) is 12.2 Å². The second kappa shape index (κ2) is 6.26. The van der Waals surface area contributed by atoms with E-state index in [9.17, 15) is 13.2 Å². The third-order valence-electron chi connectivity index (χ3n) is 3.24. The molecule has 4 nitrogen and oxygen atoms in total. The van der Waals surface area contributed by atoms with Crippen LogP contribution in [-0.2, 0) is 12.7 Å². The third kappa shape index (κ3) is 3.24. The highest BCUT2D eigenvalue weighted by molar-refractivity contribution is 5.36. The number of aryl methyl sites for hydroxylation is 1. The highest BCUT2D eigenvalue weighted by Crippen LogP contribution is 2.36. The van der Waals surface area contributed by atoms with E-state index in [-0.39, 0.29) is 5.56 Å². The Balaban J connectivity index is 2.50. The van der Waals surface area contributed by atoms with Gasteiger partial charge in [-0.3, -0.25) is 0 Å². The molecular formula is C14H17F3N4. The Kier molecular flexibility index (Phi) is 4.62. The maximum atomic E-state index is 13.2. The van der Waals surface area contributed by atoms with Gasteiger partial charge in [-0.05, 0) is 25.1 Å². The van der Waals surface area contributed by atoms with Crippen molar-refractivity contribution in [2.75, 3.05) is 7.05 Å². The van der Waals surface area contributed by atoms with Crippen molar-refractivity contribution in [1.82, 2.24) is 20.3 Å². The molecule has 1 heterocycles. The molecule has 1 atom stereocenters. The van der Waals surface area contributed by atoms with Crippen LogP contribution in [0.1, 0.15) is 36.2 Å². The fourth-order valence-electron chi connectivity index (χ4n) is 2.34. The van der Waals surface area contributed by atoms with Crippen molar-refractivity contribution in [1.29, 1.82) is 0 Å². The first-order chi connectivity index (χ1) is 9.99. The van der Waals surface area contributed by atoms with E-state index in [2.05, 4.69) is 15.6 Å². The fraction of sp³-hybridized carbons (Fsp3) is 0.429.